The van der Waals surface area contributed by atoms with Gasteiger partial charge < -0.3 is 5.11 Å². The van der Waals surface area contributed by atoms with Gasteiger partial charge in [0, 0.05) is 6.42 Å². The largest absolute Gasteiger partial charge is 0.481 e. The first-order valence-corrected chi connectivity index (χ1v) is 8.89. The highest BCUT2D eigenvalue weighted by Gasteiger charge is 1.90. The molecular formula is C22H32O2. The Bertz CT molecular complexity index is 462. The van der Waals surface area contributed by atoms with Gasteiger partial charge in [-0.3, -0.25) is 4.79 Å². The number of carboxylic acid groups (broad SMARTS) is 1. The first-order chi connectivity index (χ1) is 11.8. The maximum absolute atomic E-state index is 10.3. The SMILES string of the molecule is CCC=CCC=CCC=CCC=CCC=CC/C=C\CCC(=O)O. The molecule has 2 nitrogen and oxygen atoms in total. The molecule has 0 saturated heterocycles. The Morgan fingerprint density at radius 1 is 0.625 bits per heavy atom. The Morgan fingerprint density at radius 2 is 0.958 bits per heavy atom. The Balaban J connectivity index is 3.51. The van der Waals surface area contributed by atoms with Crippen molar-refractivity contribution in [1.29, 1.82) is 0 Å². The summed E-state index contributed by atoms with van der Waals surface area (Å²) in [5, 5.41) is 8.49. The maximum atomic E-state index is 10.3. The van der Waals surface area contributed by atoms with Gasteiger partial charge in [-0.05, 0) is 44.9 Å². The van der Waals surface area contributed by atoms with Crippen molar-refractivity contribution in [3.63, 3.8) is 0 Å². The smallest absolute Gasteiger partial charge is 0.303 e. The third kappa shape index (κ3) is 19.9. The van der Waals surface area contributed by atoms with Crippen LogP contribution in [0.1, 0.15) is 58.3 Å². The average Bonchev–Trinajstić information content (AvgIpc) is 2.56. The van der Waals surface area contributed by atoms with Crippen LogP contribution in [0.3, 0.4) is 0 Å². The summed E-state index contributed by atoms with van der Waals surface area (Å²) in [4.78, 5) is 10.3. The van der Waals surface area contributed by atoms with E-state index >= 15 is 0 Å². The predicted octanol–water partition coefficient (Wildman–Crippen LogP) is 6.55. The number of allylic oxidation sites excluding steroid dienone is 12. The zero-order chi connectivity index (χ0) is 17.7. The summed E-state index contributed by atoms with van der Waals surface area (Å²) >= 11 is 0. The number of hydrogen-bond acceptors (Lipinski definition) is 1. The third-order valence-corrected chi connectivity index (χ3v) is 3.12. The molecule has 0 aliphatic heterocycles. The van der Waals surface area contributed by atoms with Crippen molar-refractivity contribution in [2.45, 2.75) is 58.3 Å². The van der Waals surface area contributed by atoms with Crippen LogP contribution in [0.15, 0.2) is 72.9 Å². The zero-order valence-electron chi connectivity index (χ0n) is 14.9. The number of rotatable bonds is 14. The van der Waals surface area contributed by atoms with Crippen molar-refractivity contribution in [2.24, 2.45) is 0 Å². The van der Waals surface area contributed by atoms with E-state index in [0.717, 1.165) is 38.5 Å². The van der Waals surface area contributed by atoms with Gasteiger partial charge in [-0.25, -0.2) is 0 Å². The molecule has 0 radical (unpaired) electrons. The zero-order valence-corrected chi connectivity index (χ0v) is 14.9. The number of aliphatic carboxylic acids is 1. The molecule has 0 bridgehead atoms. The standard InChI is InChI=1S/C22H32O2/c1-2-3-4-5-6-7-8-9-10-11-12-13-14-15-16-17-18-19-20-21-22(23)24/h3-4,6-7,9-10,12-13,15-16,18-19H,2,5,8,11,14,17,20-21H2,1H3,(H,23,24)/b4-3?,7-6?,10-9?,13-12?,16-15?,19-18-. The van der Waals surface area contributed by atoms with E-state index in [1.165, 1.54) is 0 Å². The summed E-state index contributed by atoms with van der Waals surface area (Å²) in [5.74, 6) is -0.741. The van der Waals surface area contributed by atoms with Crippen molar-refractivity contribution in [3.8, 4) is 0 Å². The summed E-state index contributed by atoms with van der Waals surface area (Å²) in [6.45, 7) is 2.15. The van der Waals surface area contributed by atoms with Gasteiger partial charge in [0.15, 0.2) is 0 Å². The molecule has 0 aromatic rings. The molecule has 0 fully saturated rings. The summed E-state index contributed by atoms with van der Waals surface area (Å²) < 4.78 is 0. The van der Waals surface area contributed by atoms with Crippen LogP contribution in [-0.4, -0.2) is 11.1 Å². The second kappa shape index (κ2) is 19.0. The first kappa shape index (κ1) is 21.9. The molecule has 0 aromatic carbocycles. The van der Waals surface area contributed by atoms with Crippen LogP contribution >= 0.6 is 0 Å². The molecule has 132 valence electrons. The monoisotopic (exact) mass is 328 g/mol. The second-order valence-electron chi connectivity index (χ2n) is 5.35. The molecule has 0 spiro atoms. The molecule has 24 heavy (non-hydrogen) atoms. The lowest BCUT2D eigenvalue weighted by atomic mass is 10.2. The van der Waals surface area contributed by atoms with E-state index in [0.29, 0.717) is 6.42 Å². The Morgan fingerprint density at radius 3 is 1.29 bits per heavy atom. The second-order valence-corrected chi connectivity index (χ2v) is 5.35. The van der Waals surface area contributed by atoms with Crippen LogP contribution in [0.2, 0.25) is 0 Å². The van der Waals surface area contributed by atoms with E-state index in [2.05, 4.69) is 67.7 Å². The van der Waals surface area contributed by atoms with Crippen LogP contribution in [0.5, 0.6) is 0 Å². The van der Waals surface area contributed by atoms with Gasteiger partial charge in [0.05, 0.1) is 0 Å². The van der Waals surface area contributed by atoms with Crippen molar-refractivity contribution in [1.82, 2.24) is 0 Å². The minimum Gasteiger partial charge on any atom is -0.481 e. The fourth-order valence-corrected chi connectivity index (χ4v) is 1.85. The molecule has 0 heterocycles. The molecule has 1 N–H and O–H groups in total. The lowest BCUT2D eigenvalue weighted by Gasteiger charge is -1.87. The van der Waals surface area contributed by atoms with Crippen molar-refractivity contribution in [3.05, 3.63) is 72.9 Å². The molecule has 0 rings (SSSR count). The van der Waals surface area contributed by atoms with Crippen LogP contribution in [0.4, 0.5) is 0 Å². The first-order valence-electron chi connectivity index (χ1n) is 8.89. The van der Waals surface area contributed by atoms with Crippen molar-refractivity contribution in [2.75, 3.05) is 0 Å². The number of hydrogen-bond donors (Lipinski definition) is 1. The van der Waals surface area contributed by atoms with Gasteiger partial charge in [0.1, 0.15) is 0 Å². The highest BCUT2D eigenvalue weighted by atomic mass is 16.4. The molecule has 2 heteroatoms. The van der Waals surface area contributed by atoms with E-state index in [4.69, 9.17) is 5.11 Å². The predicted molar refractivity (Wildman–Crippen MR) is 105 cm³/mol. The molecule has 0 aromatic heterocycles. The Labute approximate surface area is 147 Å². The molecule has 0 unspecified atom stereocenters. The van der Waals surface area contributed by atoms with Crippen LogP contribution < -0.4 is 0 Å². The lowest BCUT2D eigenvalue weighted by molar-refractivity contribution is -0.136. The highest BCUT2D eigenvalue weighted by Crippen LogP contribution is 1.97. The fraction of sp³-hybridized carbons (Fsp3) is 0.409. The molecule has 0 saturated carbocycles. The van der Waals surface area contributed by atoms with Crippen LogP contribution in [0.25, 0.3) is 0 Å². The molecule has 0 aliphatic carbocycles. The van der Waals surface area contributed by atoms with E-state index in [1.807, 2.05) is 12.2 Å². The molecular weight excluding hydrogens is 296 g/mol. The third-order valence-electron chi connectivity index (χ3n) is 3.12. The molecule has 0 atom stereocenters. The number of carboxylic acids is 1. The quantitative estimate of drug-likeness (QED) is 0.367. The van der Waals surface area contributed by atoms with Gasteiger partial charge in [0.25, 0.3) is 0 Å². The molecule has 0 aliphatic rings. The van der Waals surface area contributed by atoms with Crippen LogP contribution in [-0.2, 0) is 4.79 Å². The van der Waals surface area contributed by atoms with Crippen LogP contribution in [0, 0.1) is 0 Å². The topological polar surface area (TPSA) is 37.3 Å². The van der Waals surface area contributed by atoms with Gasteiger partial charge in [-0.1, -0.05) is 79.8 Å². The Kier molecular flexibility index (Phi) is 17.3. The van der Waals surface area contributed by atoms with Gasteiger partial charge in [0.2, 0.25) is 0 Å². The van der Waals surface area contributed by atoms with Gasteiger partial charge in [-0.2, -0.15) is 0 Å². The van der Waals surface area contributed by atoms with E-state index in [-0.39, 0.29) is 6.42 Å². The van der Waals surface area contributed by atoms with Gasteiger partial charge in [-0.15, -0.1) is 0 Å². The normalized spacial score (nSPS) is 13.0. The summed E-state index contributed by atoms with van der Waals surface area (Å²) in [6.07, 6.45) is 32.5. The summed E-state index contributed by atoms with van der Waals surface area (Å²) in [6, 6.07) is 0. The van der Waals surface area contributed by atoms with E-state index < -0.39 is 5.97 Å². The average molecular weight is 328 g/mol. The highest BCUT2D eigenvalue weighted by molar-refractivity contribution is 5.66. The number of carbonyl (C=O) groups is 1. The van der Waals surface area contributed by atoms with Gasteiger partial charge >= 0.3 is 5.97 Å². The lowest BCUT2D eigenvalue weighted by Crippen LogP contribution is -1.91. The van der Waals surface area contributed by atoms with E-state index in [1.54, 1.807) is 0 Å². The minimum absolute atomic E-state index is 0.210. The summed E-state index contributed by atoms with van der Waals surface area (Å²) in [7, 11) is 0. The summed E-state index contributed by atoms with van der Waals surface area (Å²) in [5.41, 5.74) is 0. The van der Waals surface area contributed by atoms with Crippen molar-refractivity contribution < 1.29 is 9.90 Å². The van der Waals surface area contributed by atoms with Crippen molar-refractivity contribution >= 4 is 5.97 Å². The molecule has 0 amide bonds. The maximum Gasteiger partial charge on any atom is 0.303 e. The fourth-order valence-electron chi connectivity index (χ4n) is 1.85. The minimum atomic E-state index is -0.741. The van der Waals surface area contributed by atoms with E-state index in [9.17, 15) is 4.79 Å². The Hall–Kier alpha value is -2.09.